The van der Waals surface area contributed by atoms with Crippen molar-refractivity contribution < 1.29 is 14.3 Å². The molecule has 0 saturated carbocycles. The van der Waals surface area contributed by atoms with Crippen molar-refractivity contribution in [3.8, 4) is 0 Å². The minimum atomic E-state index is -0.547. The molecular weight excluding hydrogens is 216 g/mol. The average molecular weight is 233 g/mol. The minimum Gasteiger partial charge on any atom is -0.462 e. The van der Waals surface area contributed by atoms with Crippen LogP contribution in [0, 0.1) is 0 Å². The first-order chi connectivity index (χ1) is 6.99. The van der Waals surface area contributed by atoms with Crippen LogP contribution in [-0.4, -0.2) is 18.4 Å². The molecule has 3 nitrogen and oxygen atoms in total. The summed E-state index contributed by atoms with van der Waals surface area (Å²) < 4.78 is 4.43. The second kappa shape index (κ2) is 11.0. The molecule has 0 saturated heterocycles. The molecule has 86 valence electrons. The van der Waals surface area contributed by atoms with Crippen LogP contribution in [0.2, 0.25) is 0 Å². The Bertz CT molecular complexity index is 234. The summed E-state index contributed by atoms with van der Waals surface area (Å²) >= 11 is 5.14. The van der Waals surface area contributed by atoms with Gasteiger partial charge in [-0.05, 0) is 19.4 Å². The highest BCUT2D eigenvalue weighted by Gasteiger charge is 2.00. The van der Waals surface area contributed by atoms with Crippen LogP contribution in [0.25, 0.3) is 0 Å². The second-order valence-corrected chi connectivity index (χ2v) is 3.00. The summed E-state index contributed by atoms with van der Waals surface area (Å²) in [6.07, 6.45) is 2.93. The van der Waals surface area contributed by atoms with Gasteiger partial charge in [-0.25, -0.2) is 4.79 Å². The molecule has 0 bridgehead atoms. The lowest BCUT2D eigenvalue weighted by molar-refractivity contribution is -0.137. The van der Waals surface area contributed by atoms with E-state index in [2.05, 4.69) is 17.9 Å². The number of ether oxygens (including phenoxy) is 1. The summed E-state index contributed by atoms with van der Waals surface area (Å²) in [5, 5.41) is -0.0770. The number of esters is 1. The highest BCUT2D eigenvalue weighted by Crippen LogP contribution is 1.98. The molecule has 0 heterocycles. The van der Waals surface area contributed by atoms with Gasteiger partial charge in [0, 0.05) is 6.42 Å². The third kappa shape index (κ3) is 12.9. The van der Waals surface area contributed by atoms with Crippen LogP contribution < -0.4 is 0 Å². The molecule has 0 aromatic rings. The van der Waals surface area contributed by atoms with Crippen molar-refractivity contribution in [2.45, 2.75) is 26.7 Å². The fraction of sp³-hybridized carbons (Fsp3) is 0.455. The summed E-state index contributed by atoms with van der Waals surface area (Å²) in [5.74, 6) is -0.406. The van der Waals surface area contributed by atoms with Gasteiger partial charge in [0.15, 0.2) is 5.78 Å². The fourth-order valence-corrected chi connectivity index (χ4v) is 0.612. The molecule has 0 fully saturated rings. The van der Waals surface area contributed by atoms with Crippen molar-refractivity contribution in [3.05, 3.63) is 24.3 Å². The molecule has 0 aliphatic rings. The van der Waals surface area contributed by atoms with Crippen molar-refractivity contribution >= 4 is 23.4 Å². The Morgan fingerprint density at radius 3 is 2.07 bits per heavy atom. The minimum absolute atomic E-state index is 0.0770. The van der Waals surface area contributed by atoms with E-state index in [1.165, 1.54) is 6.08 Å². The lowest BCUT2D eigenvalue weighted by atomic mass is 10.2. The summed E-state index contributed by atoms with van der Waals surface area (Å²) in [7, 11) is 0. The molecule has 0 atom stereocenters. The number of halogens is 1. The van der Waals surface area contributed by atoms with Gasteiger partial charge in [0.1, 0.15) is 5.03 Å². The summed E-state index contributed by atoms with van der Waals surface area (Å²) in [4.78, 5) is 20.6. The van der Waals surface area contributed by atoms with Gasteiger partial charge in [0.25, 0.3) is 0 Å². The van der Waals surface area contributed by atoms with Gasteiger partial charge in [-0.2, -0.15) is 0 Å². The number of hydrogen-bond acceptors (Lipinski definition) is 3. The number of carbonyl (C=O) groups excluding carboxylic acids is 2. The zero-order chi connectivity index (χ0) is 12.3. The maximum Gasteiger partial charge on any atom is 0.349 e. The molecule has 4 heteroatoms. The normalized spacial score (nSPS) is 8.20. The standard InChI is InChI=1S/C6H10O.C5H7ClO2/c1-3-5-6(7)4-2;1-3-8-5(7)4(2)6/h4H,2-3,5H2,1H3;2-3H2,1H3. The lowest BCUT2D eigenvalue weighted by Crippen LogP contribution is -2.01. The topological polar surface area (TPSA) is 43.4 Å². The zero-order valence-corrected chi connectivity index (χ0v) is 9.97. The first-order valence-electron chi connectivity index (χ1n) is 4.66. The Kier molecular flexibility index (Phi) is 12.0. The van der Waals surface area contributed by atoms with Gasteiger partial charge in [0.2, 0.25) is 0 Å². The fourth-order valence-electron chi connectivity index (χ4n) is 0.558. The third-order valence-electron chi connectivity index (χ3n) is 1.22. The van der Waals surface area contributed by atoms with Crippen LogP contribution >= 0.6 is 11.6 Å². The predicted octanol–water partition coefficient (Wildman–Crippen LogP) is 2.84. The molecule has 0 unspecified atom stereocenters. The van der Waals surface area contributed by atoms with Gasteiger partial charge >= 0.3 is 5.97 Å². The highest BCUT2D eigenvalue weighted by atomic mass is 35.5. The van der Waals surface area contributed by atoms with Crippen LogP contribution in [0.4, 0.5) is 0 Å². The van der Waals surface area contributed by atoms with Crippen molar-refractivity contribution in [3.63, 3.8) is 0 Å². The van der Waals surface area contributed by atoms with Crippen molar-refractivity contribution in [2.24, 2.45) is 0 Å². The van der Waals surface area contributed by atoms with Crippen molar-refractivity contribution in [1.29, 1.82) is 0 Å². The first-order valence-corrected chi connectivity index (χ1v) is 5.04. The van der Waals surface area contributed by atoms with E-state index in [0.29, 0.717) is 13.0 Å². The van der Waals surface area contributed by atoms with Gasteiger partial charge in [-0.3, -0.25) is 4.79 Å². The van der Waals surface area contributed by atoms with E-state index in [1.54, 1.807) is 6.92 Å². The molecular formula is C11H17ClO3. The maximum atomic E-state index is 10.3. The molecule has 0 spiro atoms. The van der Waals surface area contributed by atoms with E-state index in [-0.39, 0.29) is 10.8 Å². The lowest BCUT2D eigenvalue weighted by Gasteiger charge is -1.95. The van der Waals surface area contributed by atoms with E-state index in [4.69, 9.17) is 11.6 Å². The van der Waals surface area contributed by atoms with E-state index < -0.39 is 5.97 Å². The van der Waals surface area contributed by atoms with Gasteiger partial charge in [-0.1, -0.05) is 31.7 Å². The molecule has 15 heavy (non-hydrogen) atoms. The summed E-state index contributed by atoms with van der Waals surface area (Å²) in [6.45, 7) is 10.5. The van der Waals surface area contributed by atoms with Gasteiger partial charge in [0.05, 0.1) is 6.61 Å². The van der Waals surface area contributed by atoms with Crippen molar-refractivity contribution in [2.75, 3.05) is 6.61 Å². The maximum absolute atomic E-state index is 10.3. The average Bonchev–Trinajstić information content (AvgIpc) is 2.19. The Morgan fingerprint density at radius 1 is 1.40 bits per heavy atom. The molecule has 0 aromatic heterocycles. The van der Waals surface area contributed by atoms with E-state index in [9.17, 15) is 9.59 Å². The summed E-state index contributed by atoms with van der Waals surface area (Å²) in [6, 6.07) is 0. The number of carbonyl (C=O) groups is 2. The Morgan fingerprint density at radius 2 is 1.93 bits per heavy atom. The quantitative estimate of drug-likeness (QED) is 0.541. The first kappa shape index (κ1) is 16.3. The molecule has 0 radical (unpaired) electrons. The van der Waals surface area contributed by atoms with E-state index in [1.807, 2.05) is 6.92 Å². The monoisotopic (exact) mass is 232 g/mol. The Hall–Kier alpha value is -1.09. The molecule has 0 aliphatic heterocycles. The van der Waals surface area contributed by atoms with Crippen LogP contribution in [0.15, 0.2) is 24.3 Å². The Balaban J connectivity index is 0. The number of hydrogen-bond donors (Lipinski definition) is 0. The molecule has 0 amide bonds. The van der Waals surface area contributed by atoms with Gasteiger partial charge in [-0.15, -0.1) is 0 Å². The van der Waals surface area contributed by atoms with Crippen LogP contribution in [0.5, 0.6) is 0 Å². The van der Waals surface area contributed by atoms with Crippen LogP contribution in [0.3, 0.4) is 0 Å². The third-order valence-corrected chi connectivity index (χ3v) is 1.38. The zero-order valence-electron chi connectivity index (χ0n) is 9.22. The predicted molar refractivity (Wildman–Crippen MR) is 61.7 cm³/mol. The number of ketones is 1. The molecule has 0 N–H and O–H groups in total. The Labute approximate surface area is 95.8 Å². The SMILES string of the molecule is C=C(Cl)C(=O)OCC.C=CC(=O)CCC. The van der Waals surface area contributed by atoms with Gasteiger partial charge < -0.3 is 4.74 Å². The van der Waals surface area contributed by atoms with E-state index >= 15 is 0 Å². The second-order valence-electron chi connectivity index (χ2n) is 2.55. The van der Waals surface area contributed by atoms with Crippen LogP contribution in [0.1, 0.15) is 26.7 Å². The van der Waals surface area contributed by atoms with Crippen LogP contribution in [-0.2, 0) is 14.3 Å². The van der Waals surface area contributed by atoms with E-state index in [0.717, 1.165) is 6.42 Å². The highest BCUT2D eigenvalue weighted by molar-refractivity contribution is 6.40. The molecule has 0 rings (SSSR count). The molecule has 0 aliphatic carbocycles. The van der Waals surface area contributed by atoms with Crippen molar-refractivity contribution in [1.82, 2.24) is 0 Å². The smallest absolute Gasteiger partial charge is 0.349 e. The summed E-state index contributed by atoms with van der Waals surface area (Å²) in [5.41, 5.74) is 0. The largest absolute Gasteiger partial charge is 0.462 e. The molecule has 0 aromatic carbocycles. The number of allylic oxidation sites excluding steroid dienone is 1. The number of rotatable bonds is 5.